The van der Waals surface area contributed by atoms with Crippen molar-refractivity contribution in [3.05, 3.63) is 58.7 Å². The van der Waals surface area contributed by atoms with Gasteiger partial charge in [0.05, 0.1) is 18.6 Å². The highest BCUT2D eigenvalue weighted by atomic mass is 32.2. The van der Waals surface area contributed by atoms with Gasteiger partial charge in [0, 0.05) is 40.0 Å². The number of Topliss-reactive ketones (excluding diaryl/α,β-unsaturated/α-hetero) is 1. The minimum Gasteiger partial charge on any atom is -0.497 e. The molecule has 0 aliphatic rings. The fourth-order valence-electron chi connectivity index (χ4n) is 3.97. The second-order valence-electron chi connectivity index (χ2n) is 9.51. The molecule has 0 spiro atoms. The molecule has 0 aliphatic carbocycles. The van der Waals surface area contributed by atoms with Crippen LogP contribution in [0.3, 0.4) is 0 Å². The Morgan fingerprint density at radius 2 is 1.44 bits per heavy atom. The van der Waals surface area contributed by atoms with Gasteiger partial charge in [-0.1, -0.05) is 24.3 Å². The number of carbonyl (C=O) groups is 2. The molecule has 0 heterocycles. The molecule has 0 unspecified atom stereocenters. The first-order valence-corrected chi connectivity index (χ1v) is 13.4. The number of ether oxygens (including phenoxy) is 1. The molecule has 0 saturated heterocycles. The third-order valence-electron chi connectivity index (χ3n) is 6.07. The first-order valence-electron chi connectivity index (χ1n) is 11.9. The molecule has 0 atom stereocenters. The van der Waals surface area contributed by atoms with Crippen LogP contribution in [-0.2, 0) is 32.6 Å². The number of likely N-dealkylation sites (N-methyl/N-ethyl adjacent to an activating group) is 2. The van der Waals surface area contributed by atoms with E-state index in [0.29, 0.717) is 23.4 Å². The van der Waals surface area contributed by atoms with E-state index in [1.807, 2.05) is 26.2 Å². The molecule has 0 fully saturated rings. The number of carbonyl (C=O) groups excluding carboxylic acids is 2. The van der Waals surface area contributed by atoms with Crippen molar-refractivity contribution < 1.29 is 22.7 Å². The van der Waals surface area contributed by atoms with Crippen LogP contribution in [0.1, 0.15) is 35.1 Å². The monoisotopic (exact) mass is 517 g/mol. The summed E-state index contributed by atoms with van der Waals surface area (Å²) in [7, 11) is 4.82. The number of benzene rings is 2. The van der Waals surface area contributed by atoms with Crippen molar-refractivity contribution in [3.8, 4) is 5.75 Å². The molecule has 0 radical (unpaired) electrons. The Kier molecular flexibility index (Phi) is 10.6. The third-order valence-corrected chi connectivity index (χ3v) is 8.18. The van der Waals surface area contributed by atoms with E-state index in [9.17, 15) is 18.0 Å². The van der Waals surface area contributed by atoms with Gasteiger partial charge >= 0.3 is 0 Å². The average molecular weight is 518 g/mol. The molecule has 0 aliphatic heterocycles. The van der Waals surface area contributed by atoms with Gasteiger partial charge in [-0.2, -0.15) is 4.31 Å². The third kappa shape index (κ3) is 8.15. The lowest BCUT2D eigenvalue weighted by molar-refractivity contribution is -0.132. The van der Waals surface area contributed by atoms with Gasteiger partial charge in [0.2, 0.25) is 15.9 Å². The zero-order valence-electron chi connectivity index (χ0n) is 22.5. The predicted molar refractivity (Wildman–Crippen MR) is 142 cm³/mol. The van der Waals surface area contributed by atoms with Crippen LogP contribution < -0.4 is 4.74 Å². The van der Waals surface area contributed by atoms with Crippen molar-refractivity contribution in [3.63, 3.8) is 0 Å². The number of nitrogens with zero attached hydrogens (tertiary/aromatic N) is 3. The minimum absolute atomic E-state index is 0.0208. The molecule has 0 bridgehead atoms. The molecule has 198 valence electrons. The van der Waals surface area contributed by atoms with Crippen LogP contribution in [0, 0.1) is 13.8 Å². The summed E-state index contributed by atoms with van der Waals surface area (Å²) in [6.45, 7) is 4.53. The van der Waals surface area contributed by atoms with Crippen LogP contribution >= 0.6 is 0 Å². The maximum absolute atomic E-state index is 13.1. The molecule has 8 nitrogen and oxygen atoms in total. The molecular formula is C27H39N3O5S. The fourth-order valence-corrected chi connectivity index (χ4v) is 5.52. The Hall–Kier alpha value is -2.75. The number of ketones is 1. The minimum atomic E-state index is -3.87. The van der Waals surface area contributed by atoms with Crippen molar-refractivity contribution in [1.29, 1.82) is 0 Å². The number of rotatable bonds is 13. The molecule has 0 saturated carbocycles. The van der Waals surface area contributed by atoms with E-state index < -0.39 is 10.0 Å². The van der Waals surface area contributed by atoms with Crippen molar-refractivity contribution in [2.45, 2.75) is 44.6 Å². The Balaban J connectivity index is 1.90. The normalized spacial score (nSPS) is 11.7. The number of aryl methyl sites for hydroxylation is 2. The number of sulfonamides is 1. The van der Waals surface area contributed by atoms with E-state index in [1.165, 1.54) is 19.7 Å². The standard InChI is InChI=1S/C27H39N3O5S/c1-20-16-25(35-7)17-21(2)27(20)36(33,34)30(6)19-24(31)12-13-26(32)29(5)18-23-10-8-22(9-11-23)14-15-28(3)4/h8-11,16-17H,12-15,18-19H2,1-7H3. The van der Waals surface area contributed by atoms with Crippen LogP contribution in [0.2, 0.25) is 0 Å². The molecule has 36 heavy (non-hydrogen) atoms. The second kappa shape index (κ2) is 13.0. The highest BCUT2D eigenvalue weighted by Crippen LogP contribution is 2.27. The number of methoxy groups -OCH3 is 1. The summed E-state index contributed by atoms with van der Waals surface area (Å²) in [6, 6.07) is 11.5. The summed E-state index contributed by atoms with van der Waals surface area (Å²) in [5, 5.41) is 0. The van der Waals surface area contributed by atoms with Gasteiger partial charge in [-0.25, -0.2) is 8.42 Å². The second-order valence-corrected chi connectivity index (χ2v) is 11.5. The Bertz CT molecular complexity index is 1140. The lowest BCUT2D eigenvalue weighted by Crippen LogP contribution is -2.34. The van der Waals surface area contributed by atoms with Gasteiger partial charge in [-0.05, 0) is 68.8 Å². The van der Waals surface area contributed by atoms with E-state index in [2.05, 4.69) is 17.0 Å². The number of amides is 1. The summed E-state index contributed by atoms with van der Waals surface area (Å²) < 4.78 is 32.5. The summed E-state index contributed by atoms with van der Waals surface area (Å²) >= 11 is 0. The van der Waals surface area contributed by atoms with Gasteiger partial charge < -0.3 is 14.5 Å². The lowest BCUT2D eigenvalue weighted by Gasteiger charge is -2.20. The van der Waals surface area contributed by atoms with Crippen LogP contribution in [-0.4, -0.2) is 82.6 Å². The maximum atomic E-state index is 13.1. The van der Waals surface area contributed by atoms with Crippen LogP contribution in [0.5, 0.6) is 5.75 Å². The van der Waals surface area contributed by atoms with Gasteiger partial charge in [-0.3, -0.25) is 9.59 Å². The van der Waals surface area contributed by atoms with Gasteiger partial charge in [0.15, 0.2) is 0 Å². The lowest BCUT2D eigenvalue weighted by atomic mass is 10.1. The smallest absolute Gasteiger partial charge is 0.243 e. The largest absolute Gasteiger partial charge is 0.497 e. The zero-order chi connectivity index (χ0) is 27.0. The number of hydrogen-bond donors (Lipinski definition) is 0. The fraction of sp³-hybridized carbons (Fsp3) is 0.481. The molecule has 2 aromatic carbocycles. The average Bonchev–Trinajstić information content (AvgIpc) is 2.81. The first-order chi connectivity index (χ1) is 16.8. The molecule has 2 aromatic rings. The summed E-state index contributed by atoms with van der Waals surface area (Å²) in [4.78, 5) is 29.0. The van der Waals surface area contributed by atoms with Crippen LogP contribution in [0.15, 0.2) is 41.3 Å². The summed E-state index contributed by atoms with van der Waals surface area (Å²) in [5.41, 5.74) is 3.36. The molecule has 1 amide bonds. The van der Waals surface area contributed by atoms with Crippen molar-refractivity contribution >= 4 is 21.7 Å². The van der Waals surface area contributed by atoms with Crippen molar-refractivity contribution in [2.24, 2.45) is 0 Å². The van der Waals surface area contributed by atoms with Gasteiger partial charge in [0.1, 0.15) is 11.5 Å². The summed E-state index contributed by atoms with van der Waals surface area (Å²) in [6.07, 6.45) is 0.976. The van der Waals surface area contributed by atoms with E-state index in [4.69, 9.17) is 4.74 Å². The topological polar surface area (TPSA) is 87.2 Å². The maximum Gasteiger partial charge on any atom is 0.243 e. The van der Waals surface area contributed by atoms with E-state index in [1.54, 1.807) is 37.9 Å². The van der Waals surface area contributed by atoms with Crippen LogP contribution in [0.25, 0.3) is 0 Å². The van der Waals surface area contributed by atoms with E-state index in [-0.39, 0.29) is 36.0 Å². The number of hydrogen-bond acceptors (Lipinski definition) is 6. The Morgan fingerprint density at radius 3 is 1.97 bits per heavy atom. The Morgan fingerprint density at radius 1 is 0.889 bits per heavy atom. The predicted octanol–water partition coefficient (Wildman–Crippen LogP) is 3.04. The Labute approximate surface area is 215 Å². The first kappa shape index (κ1) is 29.5. The SMILES string of the molecule is COc1cc(C)c(S(=O)(=O)N(C)CC(=O)CCC(=O)N(C)Cc2ccc(CCN(C)C)cc2)c(C)c1. The molecule has 0 aromatic heterocycles. The van der Waals surface area contributed by atoms with E-state index >= 15 is 0 Å². The zero-order valence-corrected chi connectivity index (χ0v) is 23.3. The van der Waals surface area contributed by atoms with E-state index in [0.717, 1.165) is 22.8 Å². The molecular weight excluding hydrogens is 478 g/mol. The highest BCUT2D eigenvalue weighted by molar-refractivity contribution is 7.89. The quantitative estimate of drug-likeness (QED) is 0.406. The van der Waals surface area contributed by atoms with Crippen molar-refractivity contribution in [2.75, 3.05) is 48.4 Å². The van der Waals surface area contributed by atoms with Gasteiger partial charge in [0.25, 0.3) is 0 Å². The van der Waals surface area contributed by atoms with Crippen molar-refractivity contribution in [1.82, 2.24) is 14.1 Å². The van der Waals surface area contributed by atoms with Crippen LogP contribution in [0.4, 0.5) is 0 Å². The molecule has 0 N–H and O–H groups in total. The molecule has 9 heteroatoms. The van der Waals surface area contributed by atoms with Gasteiger partial charge in [-0.15, -0.1) is 0 Å². The molecule has 2 rings (SSSR count). The summed E-state index contributed by atoms with van der Waals surface area (Å²) in [5.74, 6) is 0.106. The highest BCUT2D eigenvalue weighted by Gasteiger charge is 2.27.